The molecule has 0 saturated carbocycles. The minimum atomic E-state index is -0.0708. The maximum Gasteiger partial charge on any atom is 0.268 e. The highest BCUT2D eigenvalue weighted by molar-refractivity contribution is 9.10. The maximum absolute atomic E-state index is 12.2. The van der Waals surface area contributed by atoms with E-state index in [0.717, 1.165) is 4.47 Å². The molecule has 0 aliphatic rings. The average molecular weight is 316 g/mol. The predicted molar refractivity (Wildman–Crippen MR) is 77.7 cm³/mol. The average Bonchev–Trinajstić information content (AvgIpc) is 2.67. The molecule has 0 radical (unpaired) electrons. The first-order valence-corrected chi connectivity index (χ1v) is 7.04. The van der Waals surface area contributed by atoms with Gasteiger partial charge in [0.2, 0.25) is 0 Å². The molecule has 1 unspecified atom stereocenters. The van der Waals surface area contributed by atoms with E-state index in [1.54, 1.807) is 0 Å². The fourth-order valence-electron chi connectivity index (χ4n) is 1.79. The molecule has 1 atom stereocenters. The summed E-state index contributed by atoms with van der Waals surface area (Å²) in [7, 11) is 0. The molecule has 1 aromatic rings. The number of hydrogen-bond acceptors (Lipinski definition) is 2. The predicted octanol–water partition coefficient (Wildman–Crippen LogP) is 2.54. The summed E-state index contributed by atoms with van der Waals surface area (Å²) < 4.78 is 2.86. The largest absolute Gasteiger partial charge is 0.347 e. The van der Waals surface area contributed by atoms with E-state index in [0.29, 0.717) is 18.2 Å². The molecule has 4 nitrogen and oxygen atoms in total. The molecule has 1 amide bonds. The van der Waals surface area contributed by atoms with Crippen LogP contribution >= 0.6 is 15.9 Å². The number of carbonyl (C=O) groups excluding carboxylic acids is 1. The highest BCUT2D eigenvalue weighted by Gasteiger charge is 2.19. The second-order valence-electron chi connectivity index (χ2n) is 5.10. The molecule has 5 heteroatoms. The van der Waals surface area contributed by atoms with E-state index in [1.165, 1.54) is 0 Å². The van der Waals surface area contributed by atoms with Crippen molar-refractivity contribution < 1.29 is 4.79 Å². The van der Waals surface area contributed by atoms with Gasteiger partial charge in [0.1, 0.15) is 5.69 Å². The molecule has 3 N–H and O–H groups in total. The molecule has 18 heavy (non-hydrogen) atoms. The zero-order valence-electron chi connectivity index (χ0n) is 11.4. The number of amides is 1. The number of carbonyl (C=O) groups is 1. The molecule has 0 saturated heterocycles. The van der Waals surface area contributed by atoms with Crippen molar-refractivity contribution in [2.24, 2.45) is 11.7 Å². The number of halogens is 1. The summed E-state index contributed by atoms with van der Waals surface area (Å²) in [4.78, 5) is 12.2. The van der Waals surface area contributed by atoms with Crippen LogP contribution in [0.4, 0.5) is 0 Å². The summed E-state index contributed by atoms with van der Waals surface area (Å²) >= 11 is 3.41. The van der Waals surface area contributed by atoms with Crippen LogP contribution in [0.2, 0.25) is 0 Å². The smallest absolute Gasteiger partial charge is 0.268 e. The van der Waals surface area contributed by atoms with Crippen LogP contribution in [0.25, 0.3) is 0 Å². The van der Waals surface area contributed by atoms with Gasteiger partial charge in [0.05, 0.1) is 0 Å². The number of aromatic nitrogens is 1. The number of hydrogen-bond donors (Lipinski definition) is 2. The van der Waals surface area contributed by atoms with E-state index < -0.39 is 0 Å². The van der Waals surface area contributed by atoms with Crippen molar-refractivity contribution in [3.05, 3.63) is 22.4 Å². The molecule has 0 bridgehead atoms. The lowest BCUT2D eigenvalue weighted by molar-refractivity contribution is 0.0917. The minimum absolute atomic E-state index is 0.00628. The second kappa shape index (κ2) is 6.38. The summed E-state index contributed by atoms with van der Waals surface area (Å²) in [5, 5.41) is 2.99. The van der Waals surface area contributed by atoms with Crippen molar-refractivity contribution in [2.75, 3.05) is 6.54 Å². The maximum atomic E-state index is 12.2. The van der Waals surface area contributed by atoms with E-state index >= 15 is 0 Å². The Balaban J connectivity index is 2.90. The number of nitrogens with zero attached hydrogens (tertiary/aromatic N) is 1. The van der Waals surface area contributed by atoms with Gasteiger partial charge in [-0.25, -0.2) is 0 Å². The first-order valence-electron chi connectivity index (χ1n) is 6.25. The Hall–Kier alpha value is -0.810. The van der Waals surface area contributed by atoms with Crippen LogP contribution in [0.3, 0.4) is 0 Å². The molecule has 102 valence electrons. The molecule has 1 rings (SSSR count). The van der Waals surface area contributed by atoms with Crippen molar-refractivity contribution in [1.82, 2.24) is 9.88 Å². The molecule has 1 aromatic heterocycles. The molecule has 0 spiro atoms. The fourth-order valence-corrected chi connectivity index (χ4v) is 2.23. The van der Waals surface area contributed by atoms with Gasteiger partial charge in [-0.1, -0.05) is 13.8 Å². The Morgan fingerprint density at radius 3 is 2.50 bits per heavy atom. The van der Waals surface area contributed by atoms with Crippen LogP contribution in [0.5, 0.6) is 0 Å². The van der Waals surface area contributed by atoms with Crippen LogP contribution in [-0.2, 0) is 0 Å². The van der Waals surface area contributed by atoms with Crippen molar-refractivity contribution >= 4 is 21.8 Å². The molecule has 0 fully saturated rings. The zero-order chi connectivity index (χ0) is 13.9. The van der Waals surface area contributed by atoms with E-state index in [4.69, 9.17) is 5.73 Å². The SMILES string of the molecule is CC(C)C(CN)NC(=O)c1cc(Br)cn1C(C)C. The van der Waals surface area contributed by atoms with Gasteiger partial charge in [0.25, 0.3) is 5.91 Å². The van der Waals surface area contributed by atoms with Gasteiger partial charge in [0.15, 0.2) is 0 Å². The van der Waals surface area contributed by atoms with E-state index in [2.05, 4.69) is 35.1 Å². The highest BCUT2D eigenvalue weighted by Crippen LogP contribution is 2.19. The Bertz CT molecular complexity index is 412. The van der Waals surface area contributed by atoms with Gasteiger partial charge in [-0.3, -0.25) is 4.79 Å². The first kappa shape index (κ1) is 15.2. The molecular formula is C13H22BrN3O. The summed E-state index contributed by atoms with van der Waals surface area (Å²) in [6.07, 6.45) is 1.92. The molecule has 0 aliphatic carbocycles. The topological polar surface area (TPSA) is 60.0 Å². The van der Waals surface area contributed by atoms with Gasteiger partial charge in [0, 0.05) is 29.3 Å². The van der Waals surface area contributed by atoms with E-state index in [-0.39, 0.29) is 18.0 Å². The van der Waals surface area contributed by atoms with Crippen molar-refractivity contribution in [3.63, 3.8) is 0 Å². The highest BCUT2D eigenvalue weighted by atomic mass is 79.9. The van der Waals surface area contributed by atoms with Crippen LogP contribution in [0.1, 0.15) is 44.2 Å². The quantitative estimate of drug-likeness (QED) is 0.877. The van der Waals surface area contributed by atoms with E-state index in [1.807, 2.05) is 30.7 Å². The third-order valence-electron chi connectivity index (χ3n) is 2.98. The van der Waals surface area contributed by atoms with Gasteiger partial charge >= 0.3 is 0 Å². The van der Waals surface area contributed by atoms with Crippen molar-refractivity contribution in [1.29, 1.82) is 0 Å². The summed E-state index contributed by atoms with van der Waals surface area (Å²) in [5.41, 5.74) is 6.34. The Labute approximate surface area is 117 Å². The minimum Gasteiger partial charge on any atom is -0.347 e. The van der Waals surface area contributed by atoms with Crippen LogP contribution in [-0.4, -0.2) is 23.1 Å². The third-order valence-corrected chi connectivity index (χ3v) is 3.41. The van der Waals surface area contributed by atoms with Crippen LogP contribution < -0.4 is 11.1 Å². The lowest BCUT2D eigenvalue weighted by Crippen LogP contribution is -2.44. The first-order chi connectivity index (χ1) is 8.36. The van der Waals surface area contributed by atoms with Gasteiger partial charge in [-0.15, -0.1) is 0 Å². The third kappa shape index (κ3) is 3.59. The normalized spacial score (nSPS) is 13.1. The lowest BCUT2D eigenvalue weighted by Gasteiger charge is -2.21. The summed E-state index contributed by atoms with van der Waals surface area (Å²) in [6.45, 7) is 8.65. The second-order valence-corrected chi connectivity index (χ2v) is 6.02. The molecular weight excluding hydrogens is 294 g/mol. The van der Waals surface area contributed by atoms with Crippen LogP contribution in [0, 0.1) is 5.92 Å². The Morgan fingerprint density at radius 1 is 1.44 bits per heavy atom. The molecule has 0 aliphatic heterocycles. The van der Waals surface area contributed by atoms with Gasteiger partial charge < -0.3 is 15.6 Å². The van der Waals surface area contributed by atoms with Gasteiger partial charge in [-0.2, -0.15) is 0 Å². The number of nitrogens with two attached hydrogens (primary N) is 1. The van der Waals surface area contributed by atoms with Crippen molar-refractivity contribution in [3.8, 4) is 0 Å². The Morgan fingerprint density at radius 2 is 2.06 bits per heavy atom. The number of nitrogens with one attached hydrogen (secondary N) is 1. The van der Waals surface area contributed by atoms with Crippen molar-refractivity contribution in [2.45, 2.75) is 39.8 Å². The summed E-state index contributed by atoms with van der Waals surface area (Å²) in [5.74, 6) is 0.253. The van der Waals surface area contributed by atoms with Crippen LogP contribution in [0.15, 0.2) is 16.7 Å². The Kier molecular flexibility index (Phi) is 5.41. The van der Waals surface area contributed by atoms with E-state index in [9.17, 15) is 4.79 Å². The fraction of sp³-hybridized carbons (Fsp3) is 0.615. The standard InChI is InChI=1S/C13H22BrN3O/c1-8(2)11(6-15)16-13(18)12-5-10(14)7-17(12)9(3)4/h5,7-9,11H,6,15H2,1-4H3,(H,16,18). The number of rotatable bonds is 5. The lowest BCUT2D eigenvalue weighted by atomic mass is 10.0. The zero-order valence-corrected chi connectivity index (χ0v) is 13.0. The molecule has 1 heterocycles. The van der Waals surface area contributed by atoms with Gasteiger partial charge in [-0.05, 0) is 41.8 Å². The summed E-state index contributed by atoms with van der Waals surface area (Å²) in [6, 6.07) is 2.09. The molecule has 0 aromatic carbocycles. The monoisotopic (exact) mass is 315 g/mol.